The molecule has 0 atom stereocenters. The number of hydrogen-bond acceptors (Lipinski definition) is 3. The van der Waals surface area contributed by atoms with E-state index in [0.29, 0.717) is 0 Å². The van der Waals surface area contributed by atoms with Crippen LogP contribution in [-0.4, -0.2) is 22.0 Å². The summed E-state index contributed by atoms with van der Waals surface area (Å²) >= 11 is 0. The Labute approximate surface area is 87.7 Å². The Morgan fingerprint density at radius 3 is 2.79 bits per heavy atom. The van der Waals surface area contributed by atoms with Crippen molar-refractivity contribution >= 4 is 25.4 Å². The number of hydrogen-bond donors (Lipinski definition) is 0. The Hall–Kier alpha value is -0.740. The third kappa shape index (κ3) is 1.48. The van der Waals surface area contributed by atoms with Gasteiger partial charge in [0, 0.05) is 24.3 Å². The first-order valence-corrected chi connectivity index (χ1v) is 6.59. The van der Waals surface area contributed by atoms with Gasteiger partial charge in [0.2, 0.25) is 0 Å². The number of anilines is 1. The number of para-hydroxylation sites is 1. The molecule has 0 N–H and O–H groups in total. The number of fused-ring (bicyclic) bond motifs is 1. The summed E-state index contributed by atoms with van der Waals surface area (Å²) in [6, 6.07) is 5.21. The number of nitrogens with zero attached hydrogens (tertiary/aromatic N) is 1. The van der Waals surface area contributed by atoms with Gasteiger partial charge in [-0.15, -0.1) is 0 Å². The minimum Gasteiger partial charge on any atom is -0.373 e. The lowest BCUT2D eigenvalue weighted by molar-refractivity contribution is 0.609. The first kappa shape index (κ1) is 9.80. The Balaban J connectivity index is 2.70. The Bertz CT molecular complexity index is 470. The van der Waals surface area contributed by atoms with Crippen molar-refractivity contribution in [2.45, 2.75) is 11.3 Å². The highest BCUT2D eigenvalue weighted by atomic mass is 35.7. The smallest absolute Gasteiger partial charge is 0.263 e. The second-order valence-corrected chi connectivity index (χ2v) is 5.91. The van der Waals surface area contributed by atoms with Crippen LogP contribution < -0.4 is 4.90 Å². The van der Waals surface area contributed by atoms with Crippen LogP contribution in [-0.2, 0) is 15.5 Å². The molecule has 76 valence electrons. The Kier molecular flexibility index (Phi) is 2.20. The first-order valence-electron chi connectivity index (χ1n) is 4.28. The molecule has 1 aromatic carbocycles. The molecule has 0 aliphatic carbocycles. The van der Waals surface area contributed by atoms with Gasteiger partial charge in [-0.1, -0.05) is 12.1 Å². The molecule has 5 heteroatoms. The van der Waals surface area contributed by atoms with Crippen LogP contribution in [0.3, 0.4) is 0 Å². The van der Waals surface area contributed by atoms with Gasteiger partial charge < -0.3 is 4.90 Å². The quantitative estimate of drug-likeness (QED) is 0.690. The minimum atomic E-state index is -3.63. The summed E-state index contributed by atoms with van der Waals surface area (Å²) in [5.74, 6) is 0. The van der Waals surface area contributed by atoms with E-state index in [2.05, 4.69) is 0 Å². The molecule has 1 aromatic rings. The van der Waals surface area contributed by atoms with E-state index >= 15 is 0 Å². The van der Waals surface area contributed by atoms with E-state index in [1.165, 1.54) is 0 Å². The molecule has 0 aromatic heterocycles. The number of benzene rings is 1. The van der Waals surface area contributed by atoms with Crippen molar-refractivity contribution in [3.8, 4) is 0 Å². The molecule has 14 heavy (non-hydrogen) atoms. The fraction of sp³-hybridized carbons (Fsp3) is 0.333. The van der Waals surface area contributed by atoms with Crippen LogP contribution in [0.15, 0.2) is 23.1 Å². The highest BCUT2D eigenvalue weighted by Crippen LogP contribution is 2.34. The summed E-state index contributed by atoms with van der Waals surface area (Å²) in [6.45, 7) is 0.846. The van der Waals surface area contributed by atoms with Gasteiger partial charge in [-0.05, 0) is 18.1 Å². The lowest BCUT2D eigenvalue weighted by Crippen LogP contribution is -2.14. The maximum Gasteiger partial charge on any atom is 0.263 e. The number of rotatable bonds is 1. The van der Waals surface area contributed by atoms with Crippen LogP contribution in [0.2, 0.25) is 0 Å². The molecule has 0 saturated heterocycles. The highest BCUT2D eigenvalue weighted by molar-refractivity contribution is 8.13. The van der Waals surface area contributed by atoms with Gasteiger partial charge in [-0.25, -0.2) is 8.42 Å². The van der Waals surface area contributed by atoms with Gasteiger partial charge >= 0.3 is 0 Å². The number of likely N-dealkylation sites (N-methyl/N-ethyl adjacent to an activating group) is 1. The molecule has 2 rings (SSSR count). The van der Waals surface area contributed by atoms with Crippen molar-refractivity contribution in [2.75, 3.05) is 18.5 Å². The highest BCUT2D eigenvalue weighted by Gasteiger charge is 2.24. The fourth-order valence-electron chi connectivity index (χ4n) is 1.80. The molecule has 0 bridgehead atoms. The molecule has 1 heterocycles. The van der Waals surface area contributed by atoms with Crippen LogP contribution in [0, 0.1) is 0 Å². The third-order valence-corrected chi connectivity index (χ3v) is 3.80. The maximum atomic E-state index is 11.3. The van der Waals surface area contributed by atoms with Crippen molar-refractivity contribution in [3.05, 3.63) is 23.8 Å². The van der Waals surface area contributed by atoms with Gasteiger partial charge in [0.15, 0.2) is 0 Å². The molecule has 0 amide bonds. The molecule has 3 nitrogen and oxygen atoms in total. The predicted octanol–water partition coefficient (Wildman–Crippen LogP) is 1.61. The molecule has 1 aliphatic heterocycles. The molecule has 1 aliphatic rings. The summed E-state index contributed by atoms with van der Waals surface area (Å²) in [4.78, 5) is 2.14. The largest absolute Gasteiger partial charge is 0.373 e. The topological polar surface area (TPSA) is 37.4 Å². The predicted molar refractivity (Wildman–Crippen MR) is 56.5 cm³/mol. The third-order valence-electron chi connectivity index (χ3n) is 2.44. The summed E-state index contributed by atoms with van der Waals surface area (Å²) in [5, 5.41) is 0. The van der Waals surface area contributed by atoms with E-state index in [-0.39, 0.29) is 4.90 Å². The summed E-state index contributed by atoms with van der Waals surface area (Å²) in [5.41, 5.74) is 1.80. The zero-order chi connectivity index (χ0) is 10.3. The average molecular weight is 232 g/mol. The van der Waals surface area contributed by atoms with E-state index in [1.807, 2.05) is 18.0 Å². The van der Waals surface area contributed by atoms with Crippen molar-refractivity contribution in [3.63, 3.8) is 0 Å². The van der Waals surface area contributed by atoms with Crippen molar-refractivity contribution in [2.24, 2.45) is 0 Å². The van der Waals surface area contributed by atoms with Crippen LogP contribution in [0.5, 0.6) is 0 Å². The zero-order valence-electron chi connectivity index (χ0n) is 7.70. The van der Waals surface area contributed by atoms with Gasteiger partial charge in [0.05, 0.1) is 5.69 Å². The summed E-state index contributed by atoms with van der Waals surface area (Å²) < 4.78 is 22.6. The minimum absolute atomic E-state index is 0.219. The van der Waals surface area contributed by atoms with E-state index in [9.17, 15) is 8.42 Å². The normalized spacial score (nSPS) is 15.7. The second kappa shape index (κ2) is 3.14. The van der Waals surface area contributed by atoms with Gasteiger partial charge in [-0.2, -0.15) is 0 Å². The second-order valence-electron chi connectivity index (χ2n) is 3.37. The lowest BCUT2D eigenvalue weighted by Gasteiger charge is -2.14. The molecule has 0 spiro atoms. The molecular weight excluding hydrogens is 222 g/mol. The van der Waals surface area contributed by atoms with Gasteiger partial charge in [0.25, 0.3) is 9.05 Å². The lowest BCUT2D eigenvalue weighted by atomic mass is 10.2. The molecular formula is C9H10ClNO2S. The maximum absolute atomic E-state index is 11.3. The molecule has 0 unspecified atom stereocenters. The van der Waals surface area contributed by atoms with Crippen LogP contribution in [0.4, 0.5) is 5.69 Å². The number of halogens is 1. The summed E-state index contributed by atoms with van der Waals surface area (Å²) in [7, 11) is 3.60. The molecule has 0 saturated carbocycles. The molecule has 0 radical (unpaired) electrons. The standard InChI is InChI=1S/C9H10ClNO2S/c1-11-6-5-7-3-2-4-8(9(7)11)14(10,12)13/h2-4H,5-6H2,1H3. The average Bonchev–Trinajstić information content (AvgIpc) is 2.46. The Morgan fingerprint density at radius 1 is 1.43 bits per heavy atom. The zero-order valence-corrected chi connectivity index (χ0v) is 9.27. The van der Waals surface area contributed by atoms with Gasteiger partial charge in [0.1, 0.15) is 4.90 Å². The van der Waals surface area contributed by atoms with E-state index < -0.39 is 9.05 Å². The monoisotopic (exact) mass is 231 g/mol. The SMILES string of the molecule is CN1CCc2cccc(S(=O)(=O)Cl)c21. The van der Waals surface area contributed by atoms with Gasteiger partial charge in [-0.3, -0.25) is 0 Å². The van der Waals surface area contributed by atoms with E-state index in [0.717, 1.165) is 24.2 Å². The Morgan fingerprint density at radius 2 is 2.14 bits per heavy atom. The van der Waals surface area contributed by atoms with Crippen LogP contribution in [0.25, 0.3) is 0 Å². The van der Waals surface area contributed by atoms with Crippen LogP contribution in [0.1, 0.15) is 5.56 Å². The van der Waals surface area contributed by atoms with E-state index in [1.54, 1.807) is 12.1 Å². The first-order chi connectivity index (χ1) is 6.50. The van der Waals surface area contributed by atoms with E-state index in [4.69, 9.17) is 10.7 Å². The van der Waals surface area contributed by atoms with Crippen molar-refractivity contribution in [1.82, 2.24) is 0 Å². The van der Waals surface area contributed by atoms with Crippen LogP contribution >= 0.6 is 10.7 Å². The van der Waals surface area contributed by atoms with Crippen molar-refractivity contribution in [1.29, 1.82) is 0 Å². The van der Waals surface area contributed by atoms with Crippen molar-refractivity contribution < 1.29 is 8.42 Å². The fourth-order valence-corrected chi connectivity index (χ4v) is 2.93. The summed E-state index contributed by atoms with van der Waals surface area (Å²) in [6.07, 6.45) is 0.881. The molecule has 0 fully saturated rings.